The third-order valence-corrected chi connectivity index (χ3v) is 6.16. The molecule has 168 valence electrons. The fourth-order valence-corrected chi connectivity index (χ4v) is 4.62. The second-order valence-electron chi connectivity index (χ2n) is 7.33. The minimum Gasteiger partial charge on any atom is -0.493 e. The summed E-state index contributed by atoms with van der Waals surface area (Å²) in [7, 11) is 3.11. The lowest BCUT2D eigenvalue weighted by Gasteiger charge is -2.34. The molecule has 0 fully saturated rings. The molecule has 1 aliphatic heterocycles. The Morgan fingerprint density at radius 3 is 2.55 bits per heavy atom. The maximum absolute atomic E-state index is 13.1. The average molecular weight is 494 g/mol. The first kappa shape index (κ1) is 23.3. The van der Waals surface area contributed by atoms with E-state index in [9.17, 15) is 9.59 Å². The van der Waals surface area contributed by atoms with Gasteiger partial charge in [0.05, 0.1) is 26.4 Å². The number of esters is 1. The zero-order valence-corrected chi connectivity index (χ0v) is 19.9. The molecule has 0 spiro atoms. The molecule has 1 heterocycles. The van der Waals surface area contributed by atoms with Gasteiger partial charge < -0.3 is 24.3 Å². The van der Waals surface area contributed by atoms with Gasteiger partial charge in [-0.2, -0.15) is 0 Å². The second kappa shape index (κ2) is 10.3. The zero-order valence-electron chi connectivity index (χ0n) is 18.3. The van der Waals surface area contributed by atoms with Crippen LogP contribution in [0.4, 0.5) is 0 Å². The van der Waals surface area contributed by atoms with E-state index in [1.165, 1.54) is 0 Å². The molecule has 1 aromatic rings. The van der Waals surface area contributed by atoms with Crippen molar-refractivity contribution in [2.45, 2.75) is 39.0 Å². The number of ketones is 1. The van der Waals surface area contributed by atoms with E-state index in [0.29, 0.717) is 48.0 Å². The molecule has 0 saturated heterocycles. The van der Waals surface area contributed by atoms with E-state index < -0.39 is 11.9 Å². The number of benzene rings is 1. The molecule has 0 saturated carbocycles. The molecule has 31 heavy (non-hydrogen) atoms. The number of carbonyl (C=O) groups excluding carboxylic acids is 2. The highest BCUT2D eigenvalue weighted by atomic mass is 79.9. The highest BCUT2D eigenvalue weighted by molar-refractivity contribution is 9.10. The van der Waals surface area contributed by atoms with E-state index in [4.69, 9.17) is 18.9 Å². The summed E-state index contributed by atoms with van der Waals surface area (Å²) in [5.74, 6) is 0.0656. The molecule has 0 amide bonds. The van der Waals surface area contributed by atoms with Crippen molar-refractivity contribution in [1.82, 2.24) is 5.32 Å². The maximum Gasteiger partial charge on any atom is 0.336 e. The van der Waals surface area contributed by atoms with Crippen LogP contribution >= 0.6 is 15.9 Å². The molecule has 1 aromatic carbocycles. The lowest BCUT2D eigenvalue weighted by molar-refractivity contribution is -0.140. The molecule has 0 bridgehead atoms. The summed E-state index contributed by atoms with van der Waals surface area (Å²) in [4.78, 5) is 26.2. The van der Waals surface area contributed by atoms with Crippen LogP contribution < -0.4 is 14.8 Å². The van der Waals surface area contributed by atoms with E-state index in [-0.39, 0.29) is 12.4 Å². The first-order valence-corrected chi connectivity index (χ1v) is 11.1. The number of Topliss-reactive ketones (excluding diaryl/α,β-unsaturated/α-hetero) is 1. The van der Waals surface area contributed by atoms with Gasteiger partial charge in [0.1, 0.15) is 6.61 Å². The number of halogens is 1. The fourth-order valence-electron chi connectivity index (χ4n) is 4.07. The lowest BCUT2D eigenvalue weighted by atomic mass is 9.75. The van der Waals surface area contributed by atoms with Gasteiger partial charge in [-0.25, -0.2) is 4.79 Å². The Morgan fingerprint density at radius 2 is 1.87 bits per heavy atom. The van der Waals surface area contributed by atoms with E-state index >= 15 is 0 Å². The van der Waals surface area contributed by atoms with Crippen molar-refractivity contribution in [3.8, 4) is 11.5 Å². The van der Waals surface area contributed by atoms with Gasteiger partial charge in [-0.15, -0.1) is 0 Å². The van der Waals surface area contributed by atoms with Crippen molar-refractivity contribution in [2.75, 3.05) is 34.0 Å². The van der Waals surface area contributed by atoms with Gasteiger partial charge in [0.15, 0.2) is 17.3 Å². The van der Waals surface area contributed by atoms with E-state index in [2.05, 4.69) is 21.2 Å². The Morgan fingerprint density at radius 1 is 1.16 bits per heavy atom. The number of rotatable bonds is 8. The van der Waals surface area contributed by atoms with Crippen molar-refractivity contribution in [1.29, 1.82) is 0 Å². The number of allylic oxidation sites excluding steroid dienone is 3. The number of hydrogen-bond donors (Lipinski definition) is 1. The smallest absolute Gasteiger partial charge is 0.336 e. The third kappa shape index (κ3) is 4.80. The highest BCUT2D eigenvalue weighted by Gasteiger charge is 2.40. The molecule has 0 unspecified atom stereocenters. The van der Waals surface area contributed by atoms with E-state index in [1.54, 1.807) is 20.3 Å². The summed E-state index contributed by atoms with van der Waals surface area (Å²) >= 11 is 3.61. The second-order valence-corrected chi connectivity index (χ2v) is 8.18. The number of hydrogen-bond acceptors (Lipinski definition) is 7. The van der Waals surface area contributed by atoms with Crippen LogP contribution in [0, 0.1) is 0 Å². The van der Waals surface area contributed by atoms with Crippen LogP contribution in [0.3, 0.4) is 0 Å². The van der Waals surface area contributed by atoms with Crippen molar-refractivity contribution in [3.05, 3.63) is 44.7 Å². The molecule has 8 heteroatoms. The number of nitrogens with one attached hydrogen (secondary N) is 1. The van der Waals surface area contributed by atoms with Gasteiger partial charge in [0.25, 0.3) is 0 Å². The van der Waals surface area contributed by atoms with Crippen LogP contribution in [0.1, 0.15) is 44.6 Å². The van der Waals surface area contributed by atoms with Crippen LogP contribution in [-0.2, 0) is 19.1 Å². The number of methoxy groups -OCH3 is 2. The normalized spacial score (nSPS) is 18.5. The highest BCUT2D eigenvalue weighted by Crippen LogP contribution is 2.47. The summed E-state index contributed by atoms with van der Waals surface area (Å²) in [5.41, 5.74) is 3.32. The monoisotopic (exact) mass is 493 g/mol. The predicted molar refractivity (Wildman–Crippen MR) is 119 cm³/mol. The van der Waals surface area contributed by atoms with E-state index in [0.717, 1.165) is 28.6 Å². The number of ether oxygens (including phenoxy) is 4. The van der Waals surface area contributed by atoms with Crippen LogP contribution in [0.25, 0.3) is 0 Å². The van der Waals surface area contributed by atoms with Gasteiger partial charge in [-0.1, -0.05) is 15.9 Å². The van der Waals surface area contributed by atoms with Gasteiger partial charge in [-0.05, 0) is 44.4 Å². The van der Waals surface area contributed by atoms with Gasteiger partial charge in [0.2, 0.25) is 0 Å². The zero-order chi connectivity index (χ0) is 22.5. The van der Waals surface area contributed by atoms with Crippen molar-refractivity contribution in [2.24, 2.45) is 0 Å². The summed E-state index contributed by atoms with van der Waals surface area (Å²) < 4.78 is 22.4. The average Bonchev–Trinajstić information content (AvgIpc) is 2.75. The molecular formula is C23H28BrNO6. The number of dihydropyridines is 1. The van der Waals surface area contributed by atoms with Gasteiger partial charge in [0, 0.05) is 40.4 Å². The molecular weight excluding hydrogens is 466 g/mol. The molecule has 1 N–H and O–H groups in total. The standard InChI is InChI=1S/C23H28BrNO6/c1-5-30-9-10-31-23(27)20-13(2)25-16-7-6-8-17(26)22(16)21(20)14-11-18(28-3)19(29-4)12-15(14)24/h11-12,21,25H,5-10H2,1-4H3/t21-/m1/s1. The summed E-state index contributed by atoms with van der Waals surface area (Å²) in [6.07, 6.45) is 1.99. The Kier molecular flexibility index (Phi) is 7.78. The summed E-state index contributed by atoms with van der Waals surface area (Å²) in [6, 6.07) is 3.60. The summed E-state index contributed by atoms with van der Waals surface area (Å²) in [6.45, 7) is 4.73. The first-order chi connectivity index (χ1) is 14.9. The molecule has 7 nitrogen and oxygen atoms in total. The first-order valence-electron chi connectivity index (χ1n) is 10.3. The Balaban J connectivity index is 2.10. The minimum absolute atomic E-state index is 0.0348. The molecule has 2 aliphatic rings. The van der Waals surface area contributed by atoms with Crippen LogP contribution in [0.5, 0.6) is 11.5 Å². The van der Waals surface area contributed by atoms with Crippen LogP contribution in [0.15, 0.2) is 39.1 Å². The Bertz CT molecular complexity index is 936. The van der Waals surface area contributed by atoms with Crippen molar-refractivity contribution >= 4 is 27.7 Å². The SMILES string of the molecule is CCOCCOC(=O)C1=C(C)NC2=C(C(=O)CCC2)[C@@H]1c1cc(OC)c(OC)cc1Br. The largest absolute Gasteiger partial charge is 0.493 e. The molecule has 0 radical (unpaired) electrons. The van der Waals surface area contributed by atoms with Gasteiger partial charge >= 0.3 is 5.97 Å². The van der Waals surface area contributed by atoms with Crippen molar-refractivity contribution < 1.29 is 28.5 Å². The fraction of sp³-hybridized carbons (Fsp3) is 0.478. The van der Waals surface area contributed by atoms with Gasteiger partial charge in [-0.3, -0.25) is 4.79 Å². The minimum atomic E-state index is -0.571. The van der Waals surface area contributed by atoms with E-state index in [1.807, 2.05) is 19.9 Å². The molecule has 1 aliphatic carbocycles. The lowest BCUT2D eigenvalue weighted by Crippen LogP contribution is -2.34. The third-order valence-electron chi connectivity index (χ3n) is 5.47. The Hall–Kier alpha value is -2.32. The maximum atomic E-state index is 13.1. The number of carbonyl (C=O) groups is 2. The van der Waals surface area contributed by atoms with Crippen LogP contribution in [-0.4, -0.2) is 45.8 Å². The Labute approximate surface area is 190 Å². The summed E-state index contributed by atoms with van der Waals surface area (Å²) in [5, 5.41) is 3.29. The predicted octanol–water partition coefficient (Wildman–Crippen LogP) is 4.01. The van der Waals surface area contributed by atoms with Crippen molar-refractivity contribution in [3.63, 3.8) is 0 Å². The topological polar surface area (TPSA) is 83.1 Å². The van der Waals surface area contributed by atoms with Crippen LogP contribution in [0.2, 0.25) is 0 Å². The molecule has 0 aromatic heterocycles. The molecule has 1 atom stereocenters. The molecule has 3 rings (SSSR count). The quantitative estimate of drug-likeness (QED) is 0.432.